The molecule has 7 heteroatoms. The van der Waals surface area contributed by atoms with E-state index in [0.29, 0.717) is 4.90 Å². The van der Waals surface area contributed by atoms with Crippen LogP contribution in [0.4, 0.5) is 0 Å². The van der Waals surface area contributed by atoms with Crippen molar-refractivity contribution in [1.29, 1.82) is 0 Å². The van der Waals surface area contributed by atoms with Crippen LogP contribution in [-0.4, -0.2) is 21.3 Å². The smallest absolute Gasteiger partial charge is 0.418 e. The second-order valence-electron chi connectivity index (χ2n) is 2.95. The van der Waals surface area contributed by atoms with Gasteiger partial charge in [0.15, 0.2) is 0 Å². The van der Waals surface area contributed by atoms with Crippen molar-refractivity contribution in [2.45, 2.75) is 15.6 Å². The maximum absolute atomic E-state index is 11.6. The summed E-state index contributed by atoms with van der Waals surface area (Å²) in [4.78, 5) is 22.5. The lowest BCUT2D eigenvalue weighted by Crippen LogP contribution is -2.38. The van der Waals surface area contributed by atoms with E-state index in [4.69, 9.17) is 4.74 Å². The topological polar surface area (TPSA) is 69.4 Å². The lowest BCUT2D eigenvalue weighted by atomic mass is 10.4. The van der Waals surface area contributed by atoms with E-state index in [1.807, 2.05) is 0 Å². The van der Waals surface area contributed by atoms with Gasteiger partial charge in [0.25, 0.3) is 0 Å². The molecule has 0 heterocycles. The van der Waals surface area contributed by atoms with E-state index in [1.54, 1.807) is 37.3 Å². The van der Waals surface area contributed by atoms with Gasteiger partial charge in [-0.25, -0.2) is 4.79 Å². The fraction of sp³-hybridized carbons (Fsp3) is 0.300. The molecule has 5 nitrogen and oxygen atoms in total. The zero-order valence-corrected chi connectivity index (χ0v) is 11.4. The molecule has 1 aromatic rings. The summed E-state index contributed by atoms with van der Waals surface area (Å²) in [5, 5.41) is 11.0. The zero-order chi connectivity index (χ0) is 12.9. The van der Waals surface area contributed by atoms with Gasteiger partial charge in [-0.2, -0.15) is 0 Å². The number of carbonyl (C=O) groups is 1. The number of halogens is 1. The summed E-state index contributed by atoms with van der Waals surface area (Å²) in [6.45, 7) is 1.69. The van der Waals surface area contributed by atoms with E-state index in [1.165, 1.54) is 0 Å². The minimum Gasteiger partial charge on any atom is -0.459 e. The molecule has 0 fully saturated rings. The Morgan fingerprint density at radius 1 is 1.53 bits per heavy atom. The van der Waals surface area contributed by atoms with E-state index in [9.17, 15) is 14.9 Å². The Bertz CT molecular complexity index is 414. The van der Waals surface area contributed by atoms with Gasteiger partial charge in [0.05, 0.1) is 11.5 Å². The maximum Gasteiger partial charge on any atom is 0.418 e. The average Bonchev–Trinajstić information content (AvgIpc) is 2.30. The predicted octanol–water partition coefficient (Wildman–Crippen LogP) is 2.67. The molecule has 17 heavy (non-hydrogen) atoms. The molecule has 1 unspecified atom stereocenters. The van der Waals surface area contributed by atoms with Crippen molar-refractivity contribution in [1.82, 2.24) is 0 Å². The highest BCUT2D eigenvalue weighted by Crippen LogP contribution is 2.39. The molecular weight excluding hydrogens is 310 g/mol. The quantitative estimate of drug-likeness (QED) is 0.159. The predicted molar refractivity (Wildman–Crippen MR) is 67.6 cm³/mol. The lowest BCUT2D eigenvalue weighted by molar-refractivity contribution is -0.495. The van der Waals surface area contributed by atoms with Crippen molar-refractivity contribution in [3.63, 3.8) is 0 Å². The van der Waals surface area contributed by atoms with Crippen LogP contribution in [0.1, 0.15) is 6.92 Å². The lowest BCUT2D eigenvalue weighted by Gasteiger charge is -2.15. The van der Waals surface area contributed by atoms with Crippen molar-refractivity contribution in [2.75, 3.05) is 6.61 Å². The van der Waals surface area contributed by atoms with Gasteiger partial charge in [-0.3, -0.25) is 10.1 Å². The Hall–Kier alpha value is -1.08. The molecule has 0 N–H and O–H groups in total. The molecule has 0 saturated carbocycles. The van der Waals surface area contributed by atoms with Crippen LogP contribution in [0.3, 0.4) is 0 Å². The van der Waals surface area contributed by atoms with Gasteiger partial charge in [-0.15, -0.1) is 0 Å². The fourth-order valence-corrected chi connectivity index (χ4v) is 2.52. The number of thioether (sulfide) groups is 1. The molecule has 0 aliphatic heterocycles. The molecule has 0 aliphatic rings. The number of benzene rings is 1. The van der Waals surface area contributed by atoms with E-state index in [0.717, 1.165) is 11.8 Å². The number of nitro groups is 1. The highest BCUT2D eigenvalue weighted by Gasteiger charge is 2.51. The largest absolute Gasteiger partial charge is 0.459 e. The number of hydrogen-bond acceptors (Lipinski definition) is 5. The van der Waals surface area contributed by atoms with Gasteiger partial charge in [0.2, 0.25) is 0 Å². The van der Waals surface area contributed by atoms with Crippen molar-refractivity contribution in [2.24, 2.45) is 0 Å². The standard InChI is InChI=1S/C10H10BrNO4S/c1-2-16-9(13)10(11,12(14)15)17-8-6-4-3-5-7-8/h3-7H,2H2,1H3. The van der Waals surface area contributed by atoms with Crippen LogP contribution in [0, 0.1) is 10.1 Å². The summed E-state index contributed by atoms with van der Waals surface area (Å²) in [5.74, 6) is -0.918. The Morgan fingerprint density at radius 3 is 2.59 bits per heavy atom. The molecule has 0 spiro atoms. The molecule has 0 amide bonds. The first kappa shape index (κ1) is 14.0. The van der Waals surface area contributed by atoms with Crippen LogP contribution in [-0.2, 0) is 9.53 Å². The molecule has 0 aliphatic carbocycles. The number of esters is 1. The molecule has 0 radical (unpaired) electrons. The Morgan fingerprint density at radius 2 is 2.12 bits per heavy atom. The summed E-state index contributed by atoms with van der Waals surface area (Å²) < 4.78 is 2.70. The van der Waals surface area contributed by atoms with Crippen LogP contribution in [0.2, 0.25) is 0 Å². The monoisotopic (exact) mass is 319 g/mol. The van der Waals surface area contributed by atoms with Gasteiger partial charge in [-0.05, 0) is 30.8 Å². The summed E-state index contributed by atoms with van der Waals surface area (Å²) >= 11 is 3.63. The first-order valence-electron chi connectivity index (χ1n) is 4.75. The Balaban J connectivity index is 2.93. The van der Waals surface area contributed by atoms with Crippen molar-refractivity contribution >= 4 is 33.7 Å². The number of alkyl halides is 1. The Kier molecular flexibility index (Phi) is 4.95. The minimum atomic E-state index is -2.00. The first-order valence-corrected chi connectivity index (χ1v) is 6.36. The molecule has 0 aromatic heterocycles. The summed E-state index contributed by atoms with van der Waals surface area (Å²) in [6.07, 6.45) is 0. The van der Waals surface area contributed by atoms with E-state index >= 15 is 0 Å². The van der Waals surface area contributed by atoms with Gasteiger partial charge >= 0.3 is 9.75 Å². The van der Waals surface area contributed by atoms with E-state index in [-0.39, 0.29) is 6.61 Å². The van der Waals surface area contributed by atoms with Crippen molar-refractivity contribution < 1.29 is 14.5 Å². The van der Waals surface area contributed by atoms with Gasteiger partial charge in [-0.1, -0.05) is 18.2 Å². The first-order chi connectivity index (χ1) is 8.00. The second kappa shape index (κ2) is 6.02. The van der Waals surface area contributed by atoms with Crippen LogP contribution in [0.25, 0.3) is 0 Å². The van der Waals surface area contributed by atoms with Gasteiger partial charge in [0.1, 0.15) is 0 Å². The average molecular weight is 320 g/mol. The molecule has 1 rings (SSSR count). The highest BCUT2D eigenvalue weighted by atomic mass is 79.9. The van der Waals surface area contributed by atoms with Crippen LogP contribution in [0.15, 0.2) is 35.2 Å². The third-order valence-electron chi connectivity index (χ3n) is 1.76. The third-order valence-corrected chi connectivity index (χ3v) is 3.95. The molecule has 92 valence electrons. The van der Waals surface area contributed by atoms with Crippen LogP contribution in [0.5, 0.6) is 0 Å². The highest BCUT2D eigenvalue weighted by molar-refractivity contribution is 9.12. The Labute approximate surface area is 111 Å². The van der Waals surface area contributed by atoms with Crippen molar-refractivity contribution in [3.8, 4) is 0 Å². The maximum atomic E-state index is 11.6. The van der Waals surface area contributed by atoms with Gasteiger partial charge < -0.3 is 4.74 Å². The number of ether oxygens (including phenoxy) is 1. The SMILES string of the molecule is CCOC(=O)C(Br)(Sc1ccccc1)[N+](=O)[O-]. The zero-order valence-electron chi connectivity index (χ0n) is 8.96. The van der Waals surface area contributed by atoms with E-state index in [2.05, 4.69) is 15.9 Å². The summed E-state index contributed by atoms with van der Waals surface area (Å²) in [7, 11) is 0. The number of carbonyl (C=O) groups excluding carboxylic acids is 1. The molecule has 0 bridgehead atoms. The molecule has 0 saturated heterocycles. The number of rotatable bonds is 5. The normalized spacial score (nSPS) is 13.8. The minimum absolute atomic E-state index is 0.0926. The molecule has 1 atom stereocenters. The van der Waals surface area contributed by atoms with Crippen LogP contribution < -0.4 is 0 Å². The number of nitrogens with zero attached hydrogens (tertiary/aromatic N) is 1. The summed E-state index contributed by atoms with van der Waals surface area (Å²) in [5.41, 5.74) is 0. The molecular formula is C10H10BrNO4S. The van der Waals surface area contributed by atoms with Crippen LogP contribution >= 0.6 is 27.7 Å². The number of hydrogen-bond donors (Lipinski definition) is 0. The fourth-order valence-electron chi connectivity index (χ4n) is 1.02. The van der Waals surface area contributed by atoms with Gasteiger partial charge in [0, 0.05) is 20.8 Å². The second-order valence-corrected chi connectivity index (χ2v) is 5.89. The van der Waals surface area contributed by atoms with Crippen molar-refractivity contribution in [3.05, 3.63) is 40.4 Å². The van der Waals surface area contributed by atoms with E-state index < -0.39 is 14.7 Å². The summed E-state index contributed by atoms with van der Waals surface area (Å²) in [6, 6.07) is 8.63. The molecule has 1 aromatic carbocycles. The third kappa shape index (κ3) is 3.44.